The molecule has 0 aliphatic rings. The molecule has 2 aromatic heterocycles. The van der Waals surface area contributed by atoms with Crippen LogP contribution in [0, 0.1) is 0 Å². The van der Waals surface area contributed by atoms with Crippen molar-refractivity contribution in [3.63, 3.8) is 0 Å². The average molecular weight is 317 g/mol. The fourth-order valence-electron chi connectivity index (χ4n) is 1.96. The summed E-state index contributed by atoms with van der Waals surface area (Å²) in [7, 11) is 1.56. The monoisotopic (exact) mass is 316 g/mol. The van der Waals surface area contributed by atoms with E-state index in [1.54, 1.807) is 12.1 Å². The minimum atomic E-state index is -3.83. The first-order valence-electron chi connectivity index (χ1n) is 5.12. The molecule has 0 amide bonds. The summed E-state index contributed by atoms with van der Waals surface area (Å²) in [6.07, 6.45) is 4.26. The Balaban J connectivity index is 2.41. The van der Waals surface area contributed by atoms with E-state index >= 15 is 0 Å². The molecule has 0 radical (unpaired) electrons. The lowest BCUT2D eigenvalue weighted by molar-refractivity contribution is 0.420. The minimum absolute atomic E-state index is 0.0125. The van der Waals surface area contributed by atoms with Gasteiger partial charge in [-0.3, -0.25) is 0 Å². The fourth-order valence-corrected chi connectivity index (χ4v) is 3.24. The zero-order valence-corrected chi connectivity index (χ0v) is 11.6. The van der Waals surface area contributed by atoms with Crippen molar-refractivity contribution in [2.45, 2.75) is 4.90 Å². The van der Waals surface area contributed by atoms with Gasteiger partial charge in [-0.25, -0.2) is 8.42 Å². The molecule has 0 aliphatic carbocycles. The van der Waals surface area contributed by atoms with E-state index in [1.165, 1.54) is 18.7 Å². The number of hydrogen-bond donors (Lipinski definition) is 1. The van der Waals surface area contributed by atoms with Gasteiger partial charge in [-0.15, -0.1) is 0 Å². The zero-order chi connectivity index (χ0) is 13.6. The number of nitrogens with one attached hydrogen (secondary N) is 1. The summed E-state index contributed by atoms with van der Waals surface area (Å²) in [5.41, 5.74) is 1.83. The number of nitrogens with zero attached hydrogens (tertiary/aromatic N) is 1. The summed E-state index contributed by atoms with van der Waals surface area (Å²) in [6.45, 7) is 0. The topological polar surface area (TPSA) is 76.0 Å². The van der Waals surface area contributed by atoms with Gasteiger partial charge in [0.2, 0.25) is 0 Å². The molecule has 2 heterocycles. The lowest BCUT2D eigenvalue weighted by Gasteiger charge is -2.03. The molecule has 5 nitrogen and oxygen atoms in total. The first kappa shape index (κ1) is 12.5. The van der Waals surface area contributed by atoms with E-state index in [1.807, 2.05) is 0 Å². The molecule has 19 heavy (non-hydrogen) atoms. The Labute approximate surface area is 117 Å². The van der Waals surface area contributed by atoms with Crippen LogP contribution in [0.4, 0.5) is 0 Å². The van der Waals surface area contributed by atoms with Crippen LogP contribution < -0.4 is 0 Å². The predicted molar refractivity (Wildman–Crippen MR) is 71.8 cm³/mol. The second-order valence-electron chi connectivity index (χ2n) is 3.85. The quantitative estimate of drug-likeness (QED) is 0.735. The van der Waals surface area contributed by atoms with Gasteiger partial charge in [-0.2, -0.15) is 0 Å². The van der Waals surface area contributed by atoms with Crippen molar-refractivity contribution in [3.8, 4) is 11.1 Å². The predicted octanol–water partition coefficient (Wildman–Crippen LogP) is 3.40. The number of hydrogen-bond acceptors (Lipinski definition) is 4. The molecule has 98 valence electrons. The van der Waals surface area contributed by atoms with Crippen LogP contribution in [0.3, 0.4) is 0 Å². The molecular formula is C11H6Cl2N2O3S. The molecule has 0 atom stereocenters. The van der Waals surface area contributed by atoms with Gasteiger partial charge in [-0.1, -0.05) is 16.8 Å². The second-order valence-corrected chi connectivity index (χ2v) is 6.79. The van der Waals surface area contributed by atoms with E-state index in [0.29, 0.717) is 27.1 Å². The van der Waals surface area contributed by atoms with Gasteiger partial charge >= 0.3 is 0 Å². The van der Waals surface area contributed by atoms with Gasteiger partial charge in [0.05, 0.1) is 16.7 Å². The first-order valence-corrected chi connectivity index (χ1v) is 7.81. The van der Waals surface area contributed by atoms with Crippen LogP contribution in [0.5, 0.6) is 0 Å². The minimum Gasteiger partial charge on any atom is -0.364 e. The summed E-state index contributed by atoms with van der Waals surface area (Å²) in [6, 6.07) is 3.20. The molecule has 1 aromatic carbocycles. The standard InChI is InChI=1S/C11H6Cl2N2O3S/c12-8-2-1-7-9(19(13,16)17)4-14-11(7)10(8)6-3-15-18-5-6/h1-5,14H. The Morgan fingerprint density at radius 3 is 2.74 bits per heavy atom. The summed E-state index contributed by atoms with van der Waals surface area (Å²) in [4.78, 5) is 2.89. The largest absolute Gasteiger partial charge is 0.364 e. The Morgan fingerprint density at radius 1 is 1.32 bits per heavy atom. The Bertz CT molecular complexity index is 854. The number of benzene rings is 1. The fraction of sp³-hybridized carbons (Fsp3) is 0. The van der Waals surface area contributed by atoms with E-state index in [2.05, 4.69) is 10.1 Å². The third kappa shape index (κ3) is 2.01. The summed E-state index contributed by atoms with van der Waals surface area (Å²) >= 11 is 6.15. The van der Waals surface area contributed by atoms with E-state index in [-0.39, 0.29) is 4.90 Å². The number of H-pyrrole nitrogens is 1. The molecule has 3 rings (SSSR count). The summed E-state index contributed by atoms with van der Waals surface area (Å²) < 4.78 is 27.7. The maximum atomic E-state index is 11.5. The van der Waals surface area contributed by atoms with Gasteiger partial charge in [-0.05, 0) is 12.1 Å². The molecular weight excluding hydrogens is 311 g/mol. The van der Waals surface area contributed by atoms with Gasteiger partial charge in [0.25, 0.3) is 9.05 Å². The van der Waals surface area contributed by atoms with E-state index in [0.717, 1.165) is 0 Å². The van der Waals surface area contributed by atoms with Crippen molar-refractivity contribution in [1.82, 2.24) is 10.1 Å². The Kier molecular flexibility index (Phi) is 2.81. The molecule has 0 saturated heterocycles. The van der Waals surface area contributed by atoms with Crippen molar-refractivity contribution in [2.24, 2.45) is 0 Å². The highest BCUT2D eigenvalue weighted by molar-refractivity contribution is 8.14. The SMILES string of the molecule is O=S(=O)(Cl)c1c[nH]c2c(-c3cnoc3)c(Cl)ccc12. The van der Waals surface area contributed by atoms with E-state index < -0.39 is 9.05 Å². The van der Waals surface area contributed by atoms with Crippen LogP contribution in [0.2, 0.25) is 5.02 Å². The average Bonchev–Trinajstić information content (AvgIpc) is 2.94. The summed E-state index contributed by atoms with van der Waals surface area (Å²) in [5, 5.41) is 4.53. The third-order valence-corrected chi connectivity index (χ3v) is 4.43. The van der Waals surface area contributed by atoms with Gasteiger partial charge in [0, 0.05) is 33.4 Å². The highest BCUT2D eigenvalue weighted by Gasteiger charge is 2.20. The van der Waals surface area contributed by atoms with Crippen molar-refractivity contribution in [1.29, 1.82) is 0 Å². The number of halogens is 2. The lowest BCUT2D eigenvalue weighted by Crippen LogP contribution is -1.88. The van der Waals surface area contributed by atoms with Crippen LogP contribution in [0.1, 0.15) is 0 Å². The van der Waals surface area contributed by atoms with Crippen molar-refractivity contribution >= 4 is 42.2 Å². The molecule has 0 aliphatic heterocycles. The third-order valence-electron chi connectivity index (χ3n) is 2.75. The van der Waals surface area contributed by atoms with Crippen molar-refractivity contribution in [2.75, 3.05) is 0 Å². The second kappa shape index (κ2) is 4.26. The highest BCUT2D eigenvalue weighted by Crippen LogP contribution is 2.37. The van der Waals surface area contributed by atoms with Crippen LogP contribution in [-0.2, 0) is 9.05 Å². The van der Waals surface area contributed by atoms with Crippen molar-refractivity contribution in [3.05, 3.63) is 35.8 Å². The lowest BCUT2D eigenvalue weighted by atomic mass is 10.1. The smallest absolute Gasteiger partial charge is 0.263 e. The van der Waals surface area contributed by atoms with Crippen LogP contribution >= 0.6 is 22.3 Å². The molecule has 3 aromatic rings. The number of rotatable bonds is 2. The summed E-state index contributed by atoms with van der Waals surface area (Å²) in [5.74, 6) is 0. The van der Waals surface area contributed by atoms with Crippen LogP contribution in [0.15, 0.2) is 40.2 Å². The Hall–Kier alpha value is -1.50. The molecule has 0 unspecified atom stereocenters. The number of aromatic amines is 1. The van der Waals surface area contributed by atoms with Gasteiger partial charge < -0.3 is 9.51 Å². The molecule has 0 bridgehead atoms. The van der Waals surface area contributed by atoms with Crippen LogP contribution in [0.25, 0.3) is 22.0 Å². The molecule has 0 fully saturated rings. The maximum absolute atomic E-state index is 11.5. The van der Waals surface area contributed by atoms with Crippen molar-refractivity contribution < 1.29 is 12.9 Å². The normalized spacial score (nSPS) is 12.1. The van der Waals surface area contributed by atoms with Crippen LogP contribution in [-0.4, -0.2) is 18.6 Å². The zero-order valence-electron chi connectivity index (χ0n) is 9.22. The number of fused-ring (bicyclic) bond motifs is 1. The molecule has 0 spiro atoms. The molecule has 0 saturated carbocycles. The first-order chi connectivity index (χ1) is 8.98. The highest BCUT2D eigenvalue weighted by atomic mass is 35.7. The van der Waals surface area contributed by atoms with Gasteiger partial charge in [0.1, 0.15) is 11.2 Å². The van der Waals surface area contributed by atoms with E-state index in [4.69, 9.17) is 26.8 Å². The molecule has 1 N–H and O–H groups in total. The molecule has 8 heteroatoms. The van der Waals surface area contributed by atoms with E-state index in [9.17, 15) is 8.42 Å². The number of aromatic nitrogens is 2. The van der Waals surface area contributed by atoms with Gasteiger partial charge in [0.15, 0.2) is 0 Å². The maximum Gasteiger partial charge on any atom is 0.263 e. The Morgan fingerprint density at radius 2 is 2.11 bits per heavy atom.